The largest absolute Gasteiger partial charge is 0.497 e. The van der Waals surface area contributed by atoms with Gasteiger partial charge in [0.05, 0.1) is 19.8 Å². The molecule has 4 nitrogen and oxygen atoms in total. The lowest BCUT2D eigenvalue weighted by Gasteiger charge is -2.21. The van der Waals surface area contributed by atoms with Gasteiger partial charge >= 0.3 is 0 Å². The molecule has 1 aromatic rings. The van der Waals surface area contributed by atoms with Gasteiger partial charge in [-0.05, 0) is 30.5 Å². The molecule has 18 heavy (non-hydrogen) atoms. The zero-order valence-corrected chi connectivity index (χ0v) is 10.8. The summed E-state index contributed by atoms with van der Waals surface area (Å²) in [6, 6.07) is 7.29. The number of likely N-dealkylation sites (N-methyl/N-ethyl adjacent to an activating group) is 1. The summed E-state index contributed by atoms with van der Waals surface area (Å²) in [4.78, 5) is 13.4. The molecule has 2 rings (SSSR count). The van der Waals surface area contributed by atoms with Crippen LogP contribution < -0.4 is 4.74 Å². The van der Waals surface area contributed by atoms with Crippen LogP contribution in [0.3, 0.4) is 0 Å². The van der Waals surface area contributed by atoms with Gasteiger partial charge in [0.15, 0.2) is 0 Å². The number of aliphatic hydroxyl groups excluding tert-OH is 1. The number of rotatable bonds is 5. The molecule has 0 aliphatic heterocycles. The summed E-state index contributed by atoms with van der Waals surface area (Å²) in [6.45, 7) is 0.322. The first-order valence-corrected chi connectivity index (χ1v) is 6.19. The predicted octanol–water partition coefficient (Wildman–Crippen LogP) is 1.60. The summed E-state index contributed by atoms with van der Waals surface area (Å²) in [5.41, 5.74) is 0.768. The maximum Gasteiger partial charge on any atom is 0.225 e. The Hall–Kier alpha value is -1.55. The second-order valence-corrected chi connectivity index (χ2v) is 4.79. The van der Waals surface area contributed by atoms with Crippen molar-refractivity contribution in [3.63, 3.8) is 0 Å². The van der Waals surface area contributed by atoms with Crippen LogP contribution in [0.5, 0.6) is 5.75 Å². The number of hydrogen-bond acceptors (Lipinski definition) is 3. The Kier molecular flexibility index (Phi) is 3.87. The van der Waals surface area contributed by atoms with Crippen molar-refractivity contribution in [2.24, 2.45) is 5.92 Å². The quantitative estimate of drug-likeness (QED) is 0.862. The van der Waals surface area contributed by atoms with E-state index in [1.165, 1.54) is 0 Å². The molecular weight excluding hydrogens is 230 g/mol. The van der Waals surface area contributed by atoms with Crippen LogP contribution in [0.15, 0.2) is 24.3 Å². The highest BCUT2D eigenvalue weighted by Gasteiger charge is 2.32. The van der Waals surface area contributed by atoms with Gasteiger partial charge in [0.2, 0.25) is 5.91 Å². The highest BCUT2D eigenvalue weighted by molar-refractivity contribution is 5.80. The Morgan fingerprint density at radius 2 is 2.28 bits per heavy atom. The number of ether oxygens (including phenoxy) is 1. The van der Waals surface area contributed by atoms with E-state index in [0.29, 0.717) is 12.3 Å². The third-order valence-electron chi connectivity index (χ3n) is 3.23. The highest BCUT2D eigenvalue weighted by atomic mass is 16.5. The lowest BCUT2D eigenvalue weighted by Crippen LogP contribution is -2.32. The van der Waals surface area contributed by atoms with Crippen molar-refractivity contribution in [2.75, 3.05) is 20.7 Å². The van der Waals surface area contributed by atoms with E-state index < -0.39 is 6.10 Å². The molecule has 1 unspecified atom stereocenters. The first-order chi connectivity index (χ1) is 8.61. The SMILES string of the molecule is COc1cccc(C(O)CN(C)C(=O)C2CC2)c1. The number of hydrogen-bond donors (Lipinski definition) is 1. The van der Waals surface area contributed by atoms with Gasteiger partial charge in [-0.2, -0.15) is 0 Å². The van der Waals surface area contributed by atoms with Crippen molar-refractivity contribution in [1.82, 2.24) is 4.90 Å². The molecule has 0 heterocycles. The van der Waals surface area contributed by atoms with Crippen LogP contribution in [-0.4, -0.2) is 36.6 Å². The van der Waals surface area contributed by atoms with Crippen molar-refractivity contribution in [2.45, 2.75) is 18.9 Å². The van der Waals surface area contributed by atoms with Gasteiger partial charge in [0.25, 0.3) is 0 Å². The monoisotopic (exact) mass is 249 g/mol. The van der Waals surface area contributed by atoms with Crippen molar-refractivity contribution in [3.8, 4) is 5.75 Å². The number of carbonyl (C=O) groups excluding carboxylic acids is 1. The van der Waals surface area contributed by atoms with Gasteiger partial charge in [0, 0.05) is 13.0 Å². The van der Waals surface area contributed by atoms with Crippen LogP contribution in [0.1, 0.15) is 24.5 Å². The lowest BCUT2D eigenvalue weighted by molar-refractivity contribution is -0.132. The molecule has 0 spiro atoms. The van der Waals surface area contributed by atoms with E-state index in [0.717, 1.165) is 18.4 Å². The average molecular weight is 249 g/mol. The first kappa shape index (κ1) is 12.9. The molecule has 1 atom stereocenters. The molecule has 1 fully saturated rings. The maximum atomic E-state index is 11.8. The molecule has 1 saturated carbocycles. The number of benzene rings is 1. The molecule has 1 aliphatic carbocycles. The second-order valence-electron chi connectivity index (χ2n) is 4.79. The van der Waals surface area contributed by atoms with E-state index in [1.54, 1.807) is 25.1 Å². The van der Waals surface area contributed by atoms with Crippen molar-refractivity contribution < 1.29 is 14.6 Å². The zero-order chi connectivity index (χ0) is 13.1. The summed E-state index contributed by atoms with van der Waals surface area (Å²) >= 11 is 0. The minimum atomic E-state index is -0.673. The molecule has 1 N–H and O–H groups in total. The number of carbonyl (C=O) groups is 1. The van der Waals surface area contributed by atoms with Crippen LogP contribution in [0, 0.1) is 5.92 Å². The summed E-state index contributed by atoms with van der Waals surface area (Å²) in [7, 11) is 3.33. The molecule has 0 aromatic heterocycles. The highest BCUT2D eigenvalue weighted by Crippen LogP contribution is 2.31. The van der Waals surface area contributed by atoms with E-state index in [4.69, 9.17) is 4.74 Å². The molecular formula is C14H19NO3. The molecule has 1 amide bonds. The zero-order valence-electron chi connectivity index (χ0n) is 10.8. The Balaban J connectivity index is 1.97. The van der Waals surface area contributed by atoms with Crippen molar-refractivity contribution in [1.29, 1.82) is 0 Å². The van der Waals surface area contributed by atoms with E-state index in [-0.39, 0.29) is 11.8 Å². The Morgan fingerprint density at radius 3 is 2.89 bits per heavy atom. The lowest BCUT2D eigenvalue weighted by atomic mass is 10.1. The van der Waals surface area contributed by atoms with Gasteiger partial charge in [-0.1, -0.05) is 12.1 Å². The van der Waals surface area contributed by atoms with Gasteiger partial charge in [-0.15, -0.1) is 0 Å². The van der Waals surface area contributed by atoms with Crippen LogP contribution in [-0.2, 0) is 4.79 Å². The maximum absolute atomic E-state index is 11.8. The number of nitrogens with zero attached hydrogens (tertiary/aromatic N) is 1. The second kappa shape index (κ2) is 5.40. The topological polar surface area (TPSA) is 49.8 Å². The Bertz CT molecular complexity index is 429. The summed E-state index contributed by atoms with van der Waals surface area (Å²) in [5.74, 6) is 1.03. The Morgan fingerprint density at radius 1 is 1.56 bits per heavy atom. The standard InChI is InChI=1S/C14H19NO3/c1-15(14(17)10-6-7-10)9-13(16)11-4-3-5-12(8-11)18-2/h3-5,8,10,13,16H,6-7,9H2,1-2H3. The number of amides is 1. The molecule has 1 aromatic carbocycles. The fraction of sp³-hybridized carbons (Fsp3) is 0.500. The molecule has 0 radical (unpaired) electrons. The minimum absolute atomic E-state index is 0.136. The summed E-state index contributed by atoms with van der Waals surface area (Å²) in [5, 5.41) is 10.1. The average Bonchev–Trinajstić information content (AvgIpc) is 3.22. The molecule has 1 aliphatic rings. The van der Waals surface area contributed by atoms with Gasteiger partial charge < -0.3 is 14.7 Å². The molecule has 0 bridgehead atoms. The first-order valence-electron chi connectivity index (χ1n) is 6.19. The molecule has 98 valence electrons. The van der Waals surface area contributed by atoms with Gasteiger partial charge in [0.1, 0.15) is 5.75 Å². The van der Waals surface area contributed by atoms with E-state index in [2.05, 4.69) is 0 Å². The van der Waals surface area contributed by atoms with E-state index >= 15 is 0 Å². The van der Waals surface area contributed by atoms with Crippen LogP contribution in [0.4, 0.5) is 0 Å². The van der Waals surface area contributed by atoms with Crippen LogP contribution in [0.2, 0.25) is 0 Å². The fourth-order valence-electron chi connectivity index (χ4n) is 1.95. The van der Waals surface area contributed by atoms with E-state index in [1.807, 2.05) is 18.2 Å². The molecule has 4 heteroatoms. The normalized spacial score (nSPS) is 16.2. The third kappa shape index (κ3) is 3.01. The van der Waals surface area contributed by atoms with Crippen molar-refractivity contribution in [3.05, 3.63) is 29.8 Å². The minimum Gasteiger partial charge on any atom is -0.497 e. The third-order valence-corrected chi connectivity index (χ3v) is 3.23. The Labute approximate surface area is 107 Å². The fourth-order valence-corrected chi connectivity index (χ4v) is 1.95. The van der Waals surface area contributed by atoms with Crippen LogP contribution >= 0.6 is 0 Å². The van der Waals surface area contributed by atoms with Crippen molar-refractivity contribution >= 4 is 5.91 Å². The number of aliphatic hydroxyl groups is 1. The van der Waals surface area contributed by atoms with Crippen LogP contribution in [0.25, 0.3) is 0 Å². The van der Waals surface area contributed by atoms with E-state index in [9.17, 15) is 9.90 Å². The summed E-state index contributed by atoms with van der Waals surface area (Å²) in [6.07, 6.45) is 1.30. The molecule has 0 saturated heterocycles. The summed E-state index contributed by atoms with van der Waals surface area (Å²) < 4.78 is 5.11. The van der Waals surface area contributed by atoms with Gasteiger partial charge in [-0.25, -0.2) is 0 Å². The van der Waals surface area contributed by atoms with Gasteiger partial charge in [-0.3, -0.25) is 4.79 Å². The number of methoxy groups -OCH3 is 1. The predicted molar refractivity (Wildman–Crippen MR) is 68.3 cm³/mol. The smallest absolute Gasteiger partial charge is 0.225 e.